The highest BCUT2D eigenvalue weighted by Crippen LogP contribution is 2.31. The van der Waals surface area contributed by atoms with Gasteiger partial charge in [-0.1, -0.05) is 11.6 Å². The Morgan fingerprint density at radius 1 is 1.53 bits per heavy atom. The van der Waals surface area contributed by atoms with E-state index in [4.69, 9.17) is 16.3 Å². The van der Waals surface area contributed by atoms with Crippen LogP contribution in [-0.4, -0.2) is 31.3 Å². The maximum absolute atomic E-state index is 5.96. The molecule has 84 valence electrons. The average Bonchev–Trinajstić information content (AvgIpc) is 2.57. The first-order valence-corrected chi connectivity index (χ1v) is 6.74. The minimum Gasteiger partial charge on any atom is -0.379 e. The summed E-state index contributed by atoms with van der Waals surface area (Å²) in [7, 11) is 0. The Kier molecular flexibility index (Phi) is 4.42. The van der Waals surface area contributed by atoms with Crippen molar-refractivity contribution in [1.82, 2.24) is 10.4 Å². The highest BCUT2D eigenvalue weighted by Gasteiger charge is 2.10. The lowest BCUT2D eigenvalue weighted by molar-refractivity contribution is 0.0107. The highest BCUT2D eigenvalue weighted by atomic mass is 79.9. The van der Waals surface area contributed by atoms with E-state index in [-0.39, 0.29) is 0 Å². The van der Waals surface area contributed by atoms with Crippen LogP contribution in [0.3, 0.4) is 0 Å². The van der Waals surface area contributed by atoms with Crippen LogP contribution >= 0.6 is 38.9 Å². The largest absolute Gasteiger partial charge is 0.379 e. The van der Waals surface area contributed by atoms with Gasteiger partial charge in [-0.15, -0.1) is 11.3 Å². The number of ether oxygens (including phenoxy) is 1. The summed E-state index contributed by atoms with van der Waals surface area (Å²) < 4.78 is 7.06. The van der Waals surface area contributed by atoms with Gasteiger partial charge in [0.15, 0.2) is 0 Å². The minimum atomic E-state index is 0.807. The summed E-state index contributed by atoms with van der Waals surface area (Å²) in [5, 5.41) is 2.19. The van der Waals surface area contributed by atoms with Crippen molar-refractivity contribution in [3.05, 3.63) is 19.8 Å². The fourth-order valence-corrected chi connectivity index (χ4v) is 3.11. The summed E-state index contributed by atoms with van der Waals surface area (Å²) in [6.45, 7) is 4.33. The Labute approximate surface area is 106 Å². The number of hydrogen-bond acceptors (Lipinski definition) is 4. The van der Waals surface area contributed by atoms with E-state index in [1.165, 1.54) is 4.88 Å². The van der Waals surface area contributed by atoms with E-state index in [1.807, 2.05) is 0 Å². The van der Waals surface area contributed by atoms with Crippen molar-refractivity contribution in [1.29, 1.82) is 0 Å². The third-order valence-electron chi connectivity index (χ3n) is 2.18. The van der Waals surface area contributed by atoms with E-state index in [1.54, 1.807) is 11.3 Å². The molecule has 3 nitrogen and oxygen atoms in total. The average molecular weight is 312 g/mol. The number of rotatable bonds is 3. The Morgan fingerprint density at radius 3 is 2.87 bits per heavy atom. The van der Waals surface area contributed by atoms with Crippen LogP contribution in [0.1, 0.15) is 4.88 Å². The lowest BCUT2D eigenvalue weighted by Gasteiger charge is -2.26. The lowest BCUT2D eigenvalue weighted by atomic mass is 10.4. The maximum atomic E-state index is 5.96. The van der Waals surface area contributed by atoms with Crippen LogP contribution in [0.15, 0.2) is 10.5 Å². The van der Waals surface area contributed by atoms with Crippen molar-refractivity contribution in [2.45, 2.75) is 6.54 Å². The van der Waals surface area contributed by atoms with Crippen molar-refractivity contribution in [3.63, 3.8) is 0 Å². The second-order valence-electron chi connectivity index (χ2n) is 3.27. The van der Waals surface area contributed by atoms with Crippen LogP contribution in [0.25, 0.3) is 0 Å². The molecule has 1 aromatic rings. The molecule has 0 amide bonds. The van der Waals surface area contributed by atoms with Crippen LogP contribution < -0.4 is 5.43 Å². The van der Waals surface area contributed by atoms with Crippen LogP contribution in [-0.2, 0) is 11.3 Å². The molecule has 1 aromatic heterocycles. The van der Waals surface area contributed by atoms with Crippen LogP contribution in [0.2, 0.25) is 4.34 Å². The molecule has 1 fully saturated rings. The van der Waals surface area contributed by atoms with Crippen LogP contribution in [0, 0.1) is 0 Å². The zero-order chi connectivity index (χ0) is 10.7. The summed E-state index contributed by atoms with van der Waals surface area (Å²) in [5.74, 6) is 0. The van der Waals surface area contributed by atoms with Crippen molar-refractivity contribution in [2.75, 3.05) is 26.3 Å². The topological polar surface area (TPSA) is 24.5 Å². The molecule has 15 heavy (non-hydrogen) atoms. The van der Waals surface area contributed by atoms with Gasteiger partial charge in [0.1, 0.15) is 4.34 Å². The molecular weight excluding hydrogens is 300 g/mol. The highest BCUT2D eigenvalue weighted by molar-refractivity contribution is 9.10. The molecule has 2 heterocycles. The third-order valence-corrected chi connectivity index (χ3v) is 4.66. The zero-order valence-corrected chi connectivity index (χ0v) is 11.3. The molecule has 0 aromatic carbocycles. The van der Waals surface area contributed by atoms with E-state index in [2.05, 4.69) is 32.4 Å². The molecule has 0 unspecified atom stereocenters. The molecule has 0 saturated carbocycles. The van der Waals surface area contributed by atoms with Crippen molar-refractivity contribution in [2.24, 2.45) is 0 Å². The molecule has 1 aliphatic heterocycles. The van der Waals surface area contributed by atoms with Gasteiger partial charge in [-0.25, -0.2) is 10.4 Å². The smallest absolute Gasteiger partial charge is 0.107 e. The molecule has 2 rings (SSSR count). The van der Waals surface area contributed by atoms with E-state index in [0.29, 0.717) is 0 Å². The van der Waals surface area contributed by atoms with Crippen molar-refractivity contribution < 1.29 is 4.74 Å². The molecular formula is C9H12BrClN2OS. The first-order valence-electron chi connectivity index (χ1n) is 4.75. The van der Waals surface area contributed by atoms with Gasteiger partial charge in [0, 0.05) is 29.0 Å². The SMILES string of the molecule is Clc1sc(CNN2CCOCC2)cc1Br. The molecule has 1 aliphatic rings. The fraction of sp³-hybridized carbons (Fsp3) is 0.556. The second kappa shape index (κ2) is 5.61. The summed E-state index contributed by atoms with van der Waals surface area (Å²) in [6.07, 6.45) is 0. The third kappa shape index (κ3) is 3.41. The van der Waals surface area contributed by atoms with Gasteiger partial charge in [-0.3, -0.25) is 0 Å². The predicted molar refractivity (Wildman–Crippen MR) is 66.3 cm³/mol. The van der Waals surface area contributed by atoms with Crippen LogP contribution in [0.4, 0.5) is 0 Å². The molecule has 0 radical (unpaired) electrons. The Balaban J connectivity index is 1.81. The Hall–Kier alpha value is 0.350. The van der Waals surface area contributed by atoms with Gasteiger partial charge in [0.05, 0.1) is 13.2 Å². The van der Waals surface area contributed by atoms with Crippen molar-refractivity contribution in [3.8, 4) is 0 Å². The number of nitrogens with zero attached hydrogens (tertiary/aromatic N) is 1. The normalized spacial score (nSPS) is 18.3. The summed E-state index contributed by atoms with van der Waals surface area (Å²) in [5.41, 5.74) is 3.36. The molecule has 1 N–H and O–H groups in total. The fourth-order valence-electron chi connectivity index (χ4n) is 1.39. The second-order valence-corrected chi connectivity index (χ2v) is 5.86. The van der Waals surface area contributed by atoms with Crippen molar-refractivity contribution >= 4 is 38.9 Å². The molecule has 0 aliphatic carbocycles. The summed E-state index contributed by atoms with van der Waals surface area (Å²) in [4.78, 5) is 1.23. The summed E-state index contributed by atoms with van der Waals surface area (Å²) in [6, 6.07) is 2.06. The number of thiophene rings is 1. The van der Waals surface area contributed by atoms with Gasteiger partial charge in [0.2, 0.25) is 0 Å². The zero-order valence-electron chi connectivity index (χ0n) is 8.13. The number of hydrazine groups is 1. The summed E-state index contributed by atoms with van der Waals surface area (Å²) >= 11 is 11.0. The van der Waals surface area contributed by atoms with E-state index < -0.39 is 0 Å². The quantitative estimate of drug-likeness (QED) is 0.928. The molecule has 6 heteroatoms. The monoisotopic (exact) mass is 310 g/mol. The van der Waals surface area contributed by atoms with Gasteiger partial charge in [0.25, 0.3) is 0 Å². The first kappa shape index (κ1) is 11.8. The van der Waals surface area contributed by atoms with E-state index in [9.17, 15) is 0 Å². The number of morpholine rings is 1. The van der Waals surface area contributed by atoms with Crippen LogP contribution in [0.5, 0.6) is 0 Å². The molecule has 0 bridgehead atoms. The Bertz CT molecular complexity index is 308. The van der Waals surface area contributed by atoms with Gasteiger partial charge in [-0.05, 0) is 22.0 Å². The first-order chi connectivity index (χ1) is 7.25. The lowest BCUT2D eigenvalue weighted by Crippen LogP contribution is -2.45. The standard InChI is InChI=1S/C9H12BrClN2OS/c10-8-5-7(15-9(8)11)6-12-13-1-3-14-4-2-13/h5,12H,1-4,6H2. The number of halogens is 2. The minimum absolute atomic E-state index is 0.807. The van der Waals surface area contributed by atoms with Gasteiger partial charge < -0.3 is 4.74 Å². The maximum Gasteiger partial charge on any atom is 0.107 e. The molecule has 1 saturated heterocycles. The van der Waals surface area contributed by atoms with Gasteiger partial charge >= 0.3 is 0 Å². The number of nitrogens with one attached hydrogen (secondary N) is 1. The molecule has 0 spiro atoms. The predicted octanol–water partition coefficient (Wildman–Crippen LogP) is 2.50. The molecule has 0 atom stereocenters. The Morgan fingerprint density at radius 2 is 2.27 bits per heavy atom. The van der Waals surface area contributed by atoms with E-state index in [0.717, 1.165) is 41.7 Å². The van der Waals surface area contributed by atoms with Gasteiger partial charge in [-0.2, -0.15) is 0 Å². The number of hydrogen-bond donors (Lipinski definition) is 1. The van der Waals surface area contributed by atoms with E-state index >= 15 is 0 Å².